The number of benzene rings is 1. The van der Waals surface area contributed by atoms with Gasteiger partial charge in [0.05, 0.1) is 0 Å². The van der Waals surface area contributed by atoms with Crippen molar-refractivity contribution >= 4 is 9.23 Å². The molecule has 1 aromatic carbocycles. The molecule has 0 aliphatic rings. The molecule has 0 radical (unpaired) electrons. The van der Waals surface area contributed by atoms with Crippen molar-refractivity contribution in [2.75, 3.05) is 0 Å². The molecule has 0 heterocycles. The summed E-state index contributed by atoms with van der Waals surface area (Å²) in [6.07, 6.45) is 0. The number of nitrogens with two attached hydrogens (primary N) is 2. The van der Waals surface area contributed by atoms with Gasteiger partial charge in [0.2, 0.25) is 0 Å². The number of halogens is 2. The van der Waals surface area contributed by atoms with Gasteiger partial charge in [-0.05, 0) is 0 Å². The van der Waals surface area contributed by atoms with Crippen molar-refractivity contribution in [3.63, 3.8) is 0 Å². The van der Waals surface area contributed by atoms with E-state index in [1.165, 1.54) is 12.1 Å². The molecule has 0 unspecified atom stereocenters. The van der Waals surface area contributed by atoms with Crippen LogP contribution in [0.4, 0.5) is 8.78 Å². The van der Waals surface area contributed by atoms with Gasteiger partial charge < -0.3 is 0 Å². The Morgan fingerprint density at radius 3 is 2.21 bits per heavy atom. The zero-order valence-electron chi connectivity index (χ0n) is 7.10. The average molecular weight is 395 g/mol. The summed E-state index contributed by atoms with van der Waals surface area (Å²) < 4.78 is 26.1. The molecule has 0 aliphatic heterocycles. The van der Waals surface area contributed by atoms with Gasteiger partial charge in [0.25, 0.3) is 0 Å². The molecule has 76 valence electrons. The standard InChI is InChI=1S/C8H8AtF2N3/c9-7-5(10)1-4(2-6(7)11)3-14-8(12)13/h1-2H,3H2,(H4,12,13,14)/i9+1. The van der Waals surface area contributed by atoms with Gasteiger partial charge >= 0.3 is 95.1 Å². The summed E-state index contributed by atoms with van der Waals surface area (Å²) in [6.45, 7) is 0.0860. The number of guanidine groups is 1. The number of rotatable bonds is 2. The van der Waals surface area contributed by atoms with Gasteiger partial charge in [-0.3, -0.25) is 0 Å². The third kappa shape index (κ3) is 2.87. The van der Waals surface area contributed by atoms with Gasteiger partial charge in [-0.25, -0.2) is 0 Å². The van der Waals surface area contributed by atoms with E-state index in [-0.39, 0.29) is 15.8 Å². The number of hydrogen-bond acceptors (Lipinski definition) is 1. The molecule has 0 saturated heterocycles. The summed E-state index contributed by atoms with van der Waals surface area (Å²) in [7, 11) is 0. The third-order valence-electron chi connectivity index (χ3n) is 1.49. The number of aliphatic imine (C=N–C) groups is 1. The van der Waals surface area contributed by atoms with Crippen molar-refractivity contribution in [2.24, 2.45) is 16.5 Å². The summed E-state index contributed by atoms with van der Waals surface area (Å²) in [4.78, 5) is 3.65. The van der Waals surface area contributed by atoms with E-state index in [4.69, 9.17) is 11.5 Å². The van der Waals surface area contributed by atoms with Crippen LogP contribution in [0, 0.1) is 36.4 Å². The second kappa shape index (κ2) is 4.64. The normalized spacial score (nSPS) is 9.93. The van der Waals surface area contributed by atoms with E-state index in [2.05, 4.69) is 4.99 Å². The Labute approximate surface area is 95.0 Å². The molecule has 0 amide bonds. The molecule has 14 heavy (non-hydrogen) atoms. The fourth-order valence-electron chi connectivity index (χ4n) is 0.882. The van der Waals surface area contributed by atoms with Crippen molar-refractivity contribution < 1.29 is 33.5 Å². The second-order valence-corrected chi connectivity index (χ2v) is 4.08. The van der Waals surface area contributed by atoms with Crippen molar-refractivity contribution in [1.29, 1.82) is 0 Å². The van der Waals surface area contributed by atoms with E-state index >= 15 is 0 Å². The van der Waals surface area contributed by atoms with Crippen LogP contribution < -0.4 is 14.7 Å². The summed E-state index contributed by atoms with van der Waals surface area (Å²) in [6, 6.07) is 2.45. The molecule has 1 aromatic rings. The van der Waals surface area contributed by atoms with E-state index in [0.29, 0.717) is 5.56 Å². The Morgan fingerprint density at radius 1 is 1.29 bits per heavy atom. The first-order valence-corrected chi connectivity index (χ1v) is 5.16. The zero-order chi connectivity index (χ0) is 10.7. The molecule has 0 spiro atoms. The molecule has 0 bridgehead atoms. The van der Waals surface area contributed by atoms with Gasteiger partial charge in [0.15, 0.2) is 0 Å². The fourth-order valence-corrected chi connectivity index (χ4v) is 1.31. The van der Waals surface area contributed by atoms with E-state index in [1.807, 2.05) is 0 Å². The van der Waals surface area contributed by atoms with Gasteiger partial charge in [0, 0.05) is 0 Å². The molecule has 0 aromatic heterocycles. The number of nitrogens with zero attached hydrogens (tertiary/aromatic N) is 1. The fraction of sp³-hybridized carbons (Fsp3) is 0.125. The molecule has 4 N–H and O–H groups in total. The van der Waals surface area contributed by atoms with Crippen molar-refractivity contribution in [1.82, 2.24) is 0 Å². The molecular weight excluding hydrogens is 387 g/mol. The van der Waals surface area contributed by atoms with Gasteiger partial charge in [-0.1, -0.05) is 0 Å². The van der Waals surface area contributed by atoms with Crippen LogP contribution in [0.1, 0.15) is 5.56 Å². The van der Waals surface area contributed by atoms with Crippen LogP contribution in [-0.4, -0.2) is 5.96 Å². The monoisotopic (exact) mass is 395 g/mol. The molecule has 1 rings (SSSR count). The Kier molecular flexibility index (Phi) is 3.75. The first-order chi connectivity index (χ1) is 6.50. The van der Waals surface area contributed by atoms with Gasteiger partial charge in [0.1, 0.15) is 0 Å². The van der Waals surface area contributed by atoms with E-state index in [0.717, 1.165) is 24.7 Å². The summed E-state index contributed by atoms with van der Waals surface area (Å²) >= 11 is 0.959. The van der Waals surface area contributed by atoms with Crippen LogP contribution in [-0.2, 0) is 6.54 Å². The van der Waals surface area contributed by atoms with Crippen LogP contribution in [0.3, 0.4) is 0 Å². The van der Waals surface area contributed by atoms with Crippen LogP contribution in [0.25, 0.3) is 0 Å². The van der Waals surface area contributed by atoms with Gasteiger partial charge in [-0.15, -0.1) is 0 Å². The third-order valence-corrected chi connectivity index (χ3v) is 2.89. The van der Waals surface area contributed by atoms with Crippen LogP contribution in [0.5, 0.6) is 0 Å². The van der Waals surface area contributed by atoms with Crippen LogP contribution in [0.15, 0.2) is 17.1 Å². The molecule has 0 saturated carbocycles. The first-order valence-electron chi connectivity index (χ1n) is 3.69. The Bertz CT molecular complexity index is 352. The quantitative estimate of drug-likeness (QED) is 0.544. The predicted octanol–water partition coefficient (Wildman–Crippen LogP) is -0.0872. The first kappa shape index (κ1) is 11.3. The van der Waals surface area contributed by atoms with Crippen LogP contribution >= 0.6 is 0 Å². The predicted molar refractivity (Wildman–Crippen MR) is 45.5 cm³/mol. The Hall–Kier alpha value is -0.767. The zero-order valence-corrected chi connectivity index (χ0v) is 10.0. The summed E-state index contributed by atoms with van der Waals surface area (Å²) in [5, 5.41) is 0. The minimum atomic E-state index is -0.567. The second-order valence-electron chi connectivity index (χ2n) is 2.61. The van der Waals surface area contributed by atoms with Gasteiger partial charge in [-0.2, -0.15) is 0 Å². The maximum atomic E-state index is 13.0. The molecule has 6 heteroatoms. The van der Waals surface area contributed by atoms with Crippen LogP contribution in [0.2, 0.25) is 0 Å². The Morgan fingerprint density at radius 2 is 1.79 bits per heavy atom. The molecule has 0 atom stereocenters. The van der Waals surface area contributed by atoms with Crippen molar-refractivity contribution in [3.8, 4) is 0 Å². The minimum absolute atomic E-state index is 0.0541. The van der Waals surface area contributed by atoms with Crippen molar-refractivity contribution in [3.05, 3.63) is 29.3 Å². The van der Waals surface area contributed by atoms with E-state index in [1.54, 1.807) is 0 Å². The summed E-state index contributed by atoms with van der Waals surface area (Å²) in [5.41, 5.74) is 10.6. The molecular formula is C8H8AtF2N3. The maximum absolute atomic E-state index is 13.0. The summed E-state index contributed by atoms with van der Waals surface area (Å²) in [5.74, 6) is -1.24. The van der Waals surface area contributed by atoms with Crippen molar-refractivity contribution in [2.45, 2.75) is 6.54 Å². The molecule has 3 nitrogen and oxygen atoms in total. The average Bonchev–Trinajstić information content (AvgIpc) is 2.10. The Balaban J connectivity index is 2.95. The van der Waals surface area contributed by atoms with E-state index < -0.39 is 11.6 Å². The van der Waals surface area contributed by atoms with E-state index in [9.17, 15) is 8.78 Å². The number of hydrogen-bond donors (Lipinski definition) is 2. The molecule has 0 fully saturated rings. The SMILES string of the molecule is NC(N)=NCc1cc(F)c([211At])c(F)c1. The topological polar surface area (TPSA) is 64.4 Å². The molecule has 0 aliphatic carbocycles.